The Morgan fingerprint density at radius 3 is 2.56 bits per heavy atom. The van der Waals surface area contributed by atoms with Gasteiger partial charge in [0, 0.05) is 25.7 Å². The summed E-state index contributed by atoms with van der Waals surface area (Å²) < 4.78 is 0.517. The van der Waals surface area contributed by atoms with Gasteiger partial charge in [0.2, 0.25) is 5.91 Å². The number of aliphatic hydroxyl groups is 2. The summed E-state index contributed by atoms with van der Waals surface area (Å²) in [4.78, 5) is 18.2. The number of hydrogen-bond acceptors (Lipinski definition) is 8. The zero-order chi connectivity index (χ0) is 24.0. The predicted molar refractivity (Wildman–Crippen MR) is 133 cm³/mol. The van der Waals surface area contributed by atoms with Gasteiger partial charge < -0.3 is 25.6 Å². The molecule has 0 fully saturated rings. The fraction of sp³-hybridized carbons (Fsp3) is 0.280. The highest BCUT2D eigenvalue weighted by Crippen LogP contribution is 2.29. The summed E-state index contributed by atoms with van der Waals surface area (Å²) in [6.07, 6.45) is 3.17. The molecule has 4 rings (SSSR count). The minimum Gasteiger partial charge on any atom is -0.506 e. The molecular formula is C25H28N4O4S. The number of H-pyrrole nitrogens is 1. The molecule has 9 heteroatoms. The molecule has 2 heterocycles. The highest BCUT2D eigenvalue weighted by Gasteiger charge is 2.25. The lowest BCUT2D eigenvalue weighted by Crippen LogP contribution is -2.47. The van der Waals surface area contributed by atoms with Crippen LogP contribution < -0.4 is 15.5 Å². The first-order chi connectivity index (χ1) is 16.4. The van der Waals surface area contributed by atoms with Crippen molar-refractivity contribution in [2.24, 2.45) is 0 Å². The molecule has 6 N–H and O–H groups in total. The van der Waals surface area contributed by atoms with Crippen molar-refractivity contribution >= 4 is 21.6 Å². The molecule has 0 radical (unpaired) electrons. The molecule has 34 heavy (non-hydrogen) atoms. The minimum absolute atomic E-state index is 0.0432. The third-order valence-electron chi connectivity index (χ3n) is 5.51. The van der Waals surface area contributed by atoms with Crippen LogP contribution in [-0.2, 0) is 25.8 Å². The molecule has 0 atom stereocenters. The Kier molecular flexibility index (Phi) is 7.71. The van der Waals surface area contributed by atoms with E-state index in [0.29, 0.717) is 28.7 Å². The zero-order valence-corrected chi connectivity index (χ0v) is 19.4. The molecule has 0 unspecified atom stereocenters. The molecule has 0 aliphatic carbocycles. The third-order valence-corrected chi connectivity index (χ3v) is 6.47. The van der Waals surface area contributed by atoms with Crippen LogP contribution in [0.15, 0.2) is 65.6 Å². The fourth-order valence-corrected chi connectivity index (χ4v) is 4.71. The number of hydrogen-bond donors (Lipinski definition) is 6. The number of nitrogens with one attached hydrogen (secondary N) is 3. The summed E-state index contributed by atoms with van der Waals surface area (Å²) in [5.41, 5.74) is 4.20. The average Bonchev–Trinajstić information content (AvgIpc) is 3.22. The fourth-order valence-electron chi connectivity index (χ4n) is 3.84. The number of fused-ring (bicyclic) bond motifs is 1. The van der Waals surface area contributed by atoms with Gasteiger partial charge in [-0.2, -0.15) is 0 Å². The van der Waals surface area contributed by atoms with Crippen molar-refractivity contribution in [1.29, 1.82) is 0 Å². The number of phenols is 1. The van der Waals surface area contributed by atoms with Crippen molar-refractivity contribution in [3.05, 3.63) is 92.8 Å². The van der Waals surface area contributed by atoms with Crippen LogP contribution in [0.25, 0.3) is 10.2 Å². The normalized spacial score (nSPS) is 11.8. The van der Waals surface area contributed by atoms with E-state index in [1.165, 1.54) is 11.6 Å². The maximum absolute atomic E-state index is 11.7. The molecule has 0 saturated carbocycles. The van der Waals surface area contributed by atoms with Gasteiger partial charge in [0.15, 0.2) is 0 Å². The van der Waals surface area contributed by atoms with E-state index >= 15 is 0 Å². The summed E-state index contributed by atoms with van der Waals surface area (Å²) >= 11 is 0.933. The number of nitrogens with zero attached hydrogens (tertiary/aromatic N) is 1. The lowest BCUT2D eigenvalue weighted by atomic mass is 10.1. The number of aromatic hydroxyl groups is 1. The van der Waals surface area contributed by atoms with E-state index in [9.17, 15) is 20.1 Å². The summed E-state index contributed by atoms with van der Waals surface area (Å²) in [5, 5.41) is 37.0. The van der Waals surface area contributed by atoms with Crippen LogP contribution in [0.4, 0.5) is 0 Å². The maximum Gasteiger partial charge on any atom is 0.305 e. The van der Waals surface area contributed by atoms with Gasteiger partial charge in [0.05, 0.1) is 10.4 Å². The van der Waals surface area contributed by atoms with Gasteiger partial charge in [-0.05, 0) is 54.3 Å². The highest BCUT2D eigenvalue weighted by atomic mass is 32.1. The largest absolute Gasteiger partial charge is 0.506 e. The van der Waals surface area contributed by atoms with E-state index in [0.717, 1.165) is 42.1 Å². The van der Waals surface area contributed by atoms with E-state index in [1.54, 1.807) is 12.3 Å². The summed E-state index contributed by atoms with van der Waals surface area (Å²) in [6.45, 7) is 1.92. The number of aromatic amines is 1. The van der Waals surface area contributed by atoms with Crippen LogP contribution in [0.3, 0.4) is 0 Å². The van der Waals surface area contributed by atoms with Crippen LogP contribution in [0.1, 0.15) is 22.4 Å². The van der Waals surface area contributed by atoms with E-state index in [4.69, 9.17) is 0 Å². The second-order valence-corrected chi connectivity index (χ2v) is 9.18. The van der Waals surface area contributed by atoms with Crippen LogP contribution >= 0.6 is 11.3 Å². The number of thiazole rings is 1. The predicted octanol–water partition coefficient (Wildman–Crippen LogP) is 2.04. The number of aromatic nitrogens is 2. The van der Waals surface area contributed by atoms with E-state index in [2.05, 4.69) is 32.7 Å². The Labute approximate surface area is 201 Å². The third kappa shape index (κ3) is 6.49. The van der Waals surface area contributed by atoms with E-state index < -0.39 is 5.91 Å². The molecule has 8 nitrogen and oxygen atoms in total. The van der Waals surface area contributed by atoms with Gasteiger partial charge in [-0.25, -0.2) is 0 Å². The van der Waals surface area contributed by atoms with Crippen LogP contribution in [0.2, 0.25) is 0 Å². The molecule has 0 aliphatic rings. The molecule has 2 aromatic heterocycles. The molecule has 2 aromatic carbocycles. The van der Waals surface area contributed by atoms with Gasteiger partial charge in [-0.15, -0.1) is 0 Å². The number of benzene rings is 2. The van der Waals surface area contributed by atoms with Crippen molar-refractivity contribution in [3.63, 3.8) is 0 Å². The van der Waals surface area contributed by atoms with E-state index in [-0.39, 0.29) is 17.0 Å². The summed E-state index contributed by atoms with van der Waals surface area (Å²) in [7, 11) is 0. The van der Waals surface area contributed by atoms with Crippen molar-refractivity contribution in [2.45, 2.75) is 31.7 Å². The van der Waals surface area contributed by atoms with Gasteiger partial charge in [-0.1, -0.05) is 47.7 Å². The van der Waals surface area contributed by atoms with Crippen LogP contribution in [0.5, 0.6) is 5.75 Å². The van der Waals surface area contributed by atoms with Gasteiger partial charge >= 0.3 is 4.87 Å². The summed E-state index contributed by atoms with van der Waals surface area (Å²) in [6, 6.07) is 17.1. The molecule has 0 aliphatic heterocycles. The number of pyridine rings is 1. The Morgan fingerprint density at radius 2 is 1.79 bits per heavy atom. The minimum atomic E-state index is -2.15. The maximum atomic E-state index is 11.7. The zero-order valence-electron chi connectivity index (χ0n) is 18.6. The Balaban J connectivity index is 1.26. The van der Waals surface area contributed by atoms with E-state index in [1.807, 2.05) is 30.3 Å². The molecule has 0 bridgehead atoms. The number of phenolic OH excluding ortho intramolecular Hbond substituents is 1. The van der Waals surface area contributed by atoms with Gasteiger partial charge in [0.25, 0.3) is 0 Å². The van der Waals surface area contributed by atoms with Crippen molar-refractivity contribution in [3.8, 4) is 5.75 Å². The average molecular weight is 481 g/mol. The monoisotopic (exact) mass is 480 g/mol. The second-order valence-electron chi connectivity index (χ2n) is 8.20. The topological polar surface area (TPSA) is 130 Å². The Hall–Kier alpha value is -3.08. The second kappa shape index (κ2) is 10.9. The van der Waals surface area contributed by atoms with Crippen LogP contribution in [-0.4, -0.2) is 44.3 Å². The lowest BCUT2D eigenvalue weighted by molar-refractivity contribution is -0.183. The first-order valence-corrected chi connectivity index (χ1v) is 11.9. The molecular weight excluding hydrogens is 452 g/mol. The summed E-state index contributed by atoms with van der Waals surface area (Å²) in [5.74, 6) is -2.19. The first kappa shape index (κ1) is 24.1. The van der Waals surface area contributed by atoms with Crippen molar-refractivity contribution < 1.29 is 15.3 Å². The Bertz CT molecular complexity index is 1290. The molecule has 0 saturated heterocycles. The molecule has 178 valence electrons. The lowest BCUT2D eigenvalue weighted by Gasteiger charge is -2.23. The SMILES string of the molecule is O=c1[nH]c2c(O)ccc(CC(O)(O)NCCc3cccc(CCNCc4ccccn4)c3)c2s1. The number of rotatable bonds is 11. The van der Waals surface area contributed by atoms with Gasteiger partial charge in [-0.3, -0.25) is 15.1 Å². The quantitative estimate of drug-likeness (QED) is 0.143. The molecule has 0 spiro atoms. The highest BCUT2D eigenvalue weighted by molar-refractivity contribution is 7.16. The van der Waals surface area contributed by atoms with Crippen LogP contribution in [0, 0.1) is 0 Å². The first-order valence-electron chi connectivity index (χ1n) is 11.1. The molecule has 4 aromatic rings. The van der Waals surface area contributed by atoms with Crippen molar-refractivity contribution in [1.82, 2.24) is 20.6 Å². The standard InChI is InChI=1S/C25H28N4O4S/c30-21-8-7-19(23-22(21)29-24(31)34-23)15-25(32,33)28-13-10-18-5-3-4-17(14-18)9-12-26-16-20-6-1-2-11-27-20/h1-8,11,14,26,28,30,32-33H,9-10,12-13,15-16H2,(H,29,31). The smallest absolute Gasteiger partial charge is 0.305 e. The van der Waals surface area contributed by atoms with Crippen molar-refractivity contribution in [2.75, 3.05) is 13.1 Å². The molecule has 0 amide bonds. The Morgan fingerprint density at radius 1 is 1.00 bits per heavy atom. The van der Waals surface area contributed by atoms with Gasteiger partial charge in [0.1, 0.15) is 11.3 Å².